The third kappa shape index (κ3) is 2.49. The van der Waals surface area contributed by atoms with E-state index in [1.807, 2.05) is 50.2 Å². The van der Waals surface area contributed by atoms with Gasteiger partial charge in [0.1, 0.15) is 0 Å². The average molecular weight is 192 g/mol. The molecule has 0 aliphatic rings. The number of ether oxygens (including phenoxy) is 1. The van der Waals surface area contributed by atoms with Gasteiger partial charge in [-0.15, -0.1) is 0 Å². The van der Waals surface area contributed by atoms with Crippen LogP contribution in [0.4, 0.5) is 5.69 Å². The minimum atomic E-state index is 0.234. The third-order valence-corrected chi connectivity index (χ3v) is 1.93. The van der Waals surface area contributed by atoms with Crippen LogP contribution in [0.15, 0.2) is 24.3 Å². The second-order valence-corrected chi connectivity index (χ2v) is 3.20. The fraction of sp³-hybridized carbons (Fsp3) is 0.364. The van der Waals surface area contributed by atoms with E-state index in [9.17, 15) is 0 Å². The summed E-state index contributed by atoms with van der Waals surface area (Å²) in [7, 11) is 3.98. The molecule has 1 aromatic carbocycles. The minimum absolute atomic E-state index is 0.234. The second kappa shape index (κ2) is 4.65. The Hall–Kier alpha value is -1.51. The van der Waals surface area contributed by atoms with Crippen molar-refractivity contribution in [3.63, 3.8) is 0 Å². The van der Waals surface area contributed by atoms with Crippen LogP contribution in [0.3, 0.4) is 0 Å². The molecule has 76 valence electrons. The lowest BCUT2D eigenvalue weighted by Gasteiger charge is -2.12. The van der Waals surface area contributed by atoms with Gasteiger partial charge < -0.3 is 9.64 Å². The minimum Gasteiger partial charge on any atom is -0.478 e. The molecule has 0 saturated carbocycles. The van der Waals surface area contributed by atoms with Gasteiger partial charge in [0, 0.05) is 25.3 Å². The lowest BCUT2D eigenvalue weighted by Crippen LogP contribution is -2.09. The monoisotopic (exact) mass is 192 g/mol. The Kier molecular flexibility index (Phi) is 3.51. The topological polar surface area (TPSA) is 36.3 Å². The van der Waals surface area contributed by atoms with Crippen LogP contribution < -0.4 is 4.90 Å². The van der Waals surface area contributed by atoms with E-state index in [4.69, 9.17) is 10.1 Å². The van der Waals surface area contributed by atoms with Gasteiger partial charge in [-0.1, -0.05) is 0 Å². The maximum Gasteiger partial charge on any atom is 0.213 e. The van der Waals surface area contributed by atoms with Crippen molar-refractivity contribution in [2.45, 2.75) is 6.92 Å². The molecule has 1 aromatic rings. The van der Waals surface area contributed by atoms with E-state index in [1.54, 1.807) is 0 Å². The number of benzene rings is 1. The molecule has 0 radical (unpaired) electrons. The molecule has 3 nitrogen and oxygen atoms in total. The third-order valence-electron chi connectivity index (χ3n) is 1.93. The molecule has 0 saturated heterocycles. The van der Waals surface area contributed by atoms with Gasteiger partial charge in [-0.25, -0.2) is 0 Å². The van der Waals surface area contributed by atoms with Crippen LogP contribution in [0.5, 0.6) is 0 Å². The highest BCUT2D eigenvalue weighted by molar-refractivity contribution is 5.91. The highest BCUT2D eigenvalue weighted by atomic mass is 16.5. The van der Waals surface area contributed by atoms with Gasteiger partial charge in [0.25, 0.3) is 0 Å². The Morgan fingerprint density at radius 1 is 1.29 bits per heavy atom. The predicted molar refractivity (Wildman–Crippen MR) is 59.2 cm³/mol. The van der Waals surface area contributed by atoms with Crippen LogP contribution in [0.1, 0.15) is 12.5 Å². The lowest BCUT2D eigenvalue weighted by atomic mass is 10.2. The number of rotatable bonds is 3. The Morgan fingerprint density at radius 3 is 2.29 bits per heavy atom. The zero-order chi connectivity index (χ0) is 10.6. The van der Waals surface area contributed by atoms with Crippen LogP contribution in [0.25, 0.3) is 0 Å². The summed E-state index contributed by atoms with van der Waals surface area (Å²) in [5, 5.41) is 7.57. The molecule has 1 N–H and O–H groups in total. The van der Waals surface area contributed by atoms with E-state index in [2.05, 4.69) is 0 Å². The molecule has 0 aliphatic heterocycles. The fourth-order valence-electron chi connectivity index (χ4n) is 1.14. The molecule has 0 bridgehead atoms. The van der Waals surface area contributed by atoms with Gasteiger partial charge in [-0.2, -0.15) is 0 Å². The van der Waals surface area contributed by atoms with Gasteiger partial charge in [0.15, 0.2) is 0 Å². The highest BCUT2D eigenvalue weighted by Crippen LogP contribution is 2.12. The number of nitrogens with one attached hydrogen (secondary N) is 1. The molecule has 14 heavy (non-hydrogen) atoms. The molecule has 0 aromatic heterocycles. The SMILES string of the molecule is CCOC(=N)c1ccc(N(C)C)cc1. The van der Waals surface area contributed by atoms with Gasteiger partial charge >= 0.3 is 0 Å². The van der Waals surface area contributed by atoms with Crippen molar-refractivity contribution in [3.8, 4) is 0 Å². The van der Waals surface area contributed by atoms with Crippen LogP contribution in [0.2, 0.25) is 0 Å². The summed E-state index contributed by atoms with van der Waals surface area (Å²) in [5.74, 6) is 0.234. The molecule has 0 fully saturated rings. The number of anilines is 1. The molecule has 0 atom stereocenters. The standard InChI is InChI=1S/C11H16N2O/c1-4-14-11(12)9-5-7-10(8-6-9)13(2)3/h5-8,12H,4H2,1-3H3. The van der Waals surface area contributed by atoms with E-state index in [1.165, 1.54) is 0 Å². The van der Waals surface area contributed by atoms with Crippen molar-refractivity contribution in [2.24, 2.45) is 0 Å². The fourth-order valence-corrected chi connectivity index (χ4v) is 1.14. The summed E-state index contributed by atoms with van der Waals surface area (Å²) in [6, 6.07) is 7.74. The summed E-state index contributed by atoms with van der Waals surface area (Å²) in [6.07, 6.45) is 0. The van der Waals surface area contributed by atoms with Crippen molar-refractivity contribution in [3.05, 3.63) is 29.8 Å². The van der Waals surface area contributed by atoms with Gasteiger partial charge in [-0.3, -0.25) is 5.41 Å². The maximum atomic E-state index is 7.57. The maximum absolute atomic E-state index is 7.57. The Balaban J connectivity index is 2.78. The smallest absolute Gasteiger partial charge is 0.213 e. The molecule has 1 rings (SSSR count). The van der Waals surface area contributed by atoms with Gasteiger partial charge in [0.2, 0.25) is 5.90 Å². The number of hydrogen-bond acceptors (Lipinski definition) is 3. The summed E-state index contributed by atoms with van der Waals surface area (Å²) < 4.78 is 5.10. The molecule has 0 spiro atoms. The second-order valence-electron chi connectivity index (χ2n) is 3.20. The molecule has 0 heterocycles. The van der Waals surface area contributed by atoms with Crippen LogP contribution in [-0.2, 0) is 4.74 Å². The van der Waals surface area contributed by atoms with E-state index < -0.39 is 0 Å². The van der Waals surface area contributed by atoms with Crippen molar-refractivity contribution >= 4 is 11.6 Å². The summed E-state index contributed by atoms with van der Waals surface area (Å²) in [6.45, 7) is 2.41. The van der Waals surface area contributed by atoms with Crippen LogP contribution >= 0.6 is 0 Å². The summed E-state index contributed by atoms with van der Waals surface area (Å²) in [4.78, 5) is 2.02. The van der Waals surface area contributed by atoms with Crippen molar-refractivity contribution in [2.75, 3.05) is 25.6 Å². The van der Waals surface area contributed by atoms with Gasteiger partial charge in [-0.05, 0) is 31.2 Å². The predicted octanol–water partition coefficient (Wildman–Crippen LogP) is 2.11. The molecular weight excluding hydrogens is 176 g/mol. The summed E-state index contributed by atoms with van der Waals surface area (Å²) >= 11 is 0. The average Bonchev–Trinajstić information content (AvgIpc) is 2.18. The normalized spacial score (nSPS) is 9.64. The molecule has 0 unspecified atom stereocenters. The highest BCUT2D eigenvalue weighted by Gasteiger charge is 2.01. The first kappa shape index (κ1) is 10.6. The van der Waals surface area contributed by atoms with E-state index in [0.717, 1.165) is 11.3 Å². The van der Waals surface area contributed by atoms with E-state index in [0.29, 0.717) is 6.61 Å². The largest absolute Gasteiger partial charge is 0.478 e. The lowest BCUT2D eigenvalue weighted by molar-refractivity contribution is 0.325. The first-order chi connectivity index (χ1) is 6.65. The van der Waals surface area contributed by atoms with Crippen LogP contribution in [-0.4, -0.2) is 26.6 Å². The van der Waals surface area contributed by atoms with E-state index in [-0.39, 0.29) is 5.90 Å². The molecule has 3 heteroatoms. The Bertz CT molecular complexity index is 304. The molecular formula is C11H16N2O. The Morgan fingerprint density at radius 2 is 1.86 bits per heavy atom. The number of hydrogen-bond donors (Lipinski definition) is 1. The zero-order valence-electron chi connectivity index (χ0n) is 8.87. The first-order valence-electron chi connectivity index (χ1n) is 4.64. The van der Waals surface area contributed by atoms with Crippen molar-refractivity contribution in [1.82, 2.24) is 0 Å². The molecule has 0 aliphatic carbocycles. The first-order valence-corrected chi connectivity index (χ1v) is 4.64. The van der Waals surface area contributed by atoms with Crippen molar-refractivity contribution < 1.29 is 4.74 Å². The number of nitrogens with zero attached hydrogens (tertiary/aromatic N) is 1. The Labute approximate surface area is 84.8 Å². The quantitative estimate of drug-likeness (QED) is 0.588. The summed E-state index contributed by atoms with van der Waals surface area (Å²) in [5.41, 5.74) is 1.94. The molecule has 0 amide bonds. The van der Waals surface area contributed by atoms with Crippen molar-refractivity contribution in [1.29, 1.82) is 5.41 Å². The van der Waals surface area contributed by atoms with Crippen LogP contribution in [0, 0.1) is 5.41 Å². The van der Waals surface area contributed by atoms with E-state index >= 15 is 0 Å². The zero-order valence-corrected chi connectivity index (χ0v) is 8.87. The van der Waals surface area contributed by atoms with Gasteiger partial charge in [0.05, 0.1) is 6.61 Å².